The molecule has 338 valence electrons. The number of fused-ring (bicyclic) bond motifs is 1. The number of aromatic nitrogens is 5. The lowest BCUT2D eigenvalue weighted by Crippen LogP contribution is -2.54. The normalized spacial score (nSPS) is 17.6. The molecular formula is C43H50F2N12O7. The third-order valence-corrected chi connectivity index (χ3v) is 11.4. The van der Waals surface area contributed by atoms with E-state index in [0.29, 0.717) is 77.0 Å². The van der Waals surface area contributed by atoms with Crippen molar-refractivity contribution in [3.8, 4) is 23.2 Å². The Bertz CT molecular complexity index is 2330. The van der Waals surface area contributed by atoms with E-state index >= 15 is 0 Å². The number of piperazine rings is 1. The number of anilines is 3. The molecule has 21 heteroatoms. The fourth-order valence-electron chi connectivity index (χ4n) is 7.94. The highest BCUT2D eigenvalue weighted by Gasteiger charge is 2.45. The van der Waals surface area contributed by atoms with E-state index in [0.717, 1.165) is 43.4 Å². The summed E-state index contributed by atoms with van der Waals surface area (Å²) in [4.78, 5) is 104. The average molecular weight is 885 g/mol. The van der Waals surface area contributed by atoms with Gasteiger partial charge in [-0.2, -0.15) is 15.0 Å². The van der Waals surface area contributed by atoms with E-state index in [2.05, 4.69) is 47.4 Å². The van der Waals surface area contributed by atoms with Crippen LogP contribution in [0.25, 0.3) is 11.4 Å². The number of hydrogen-bond donors (Lipinski definition) is 3. The van der Waals surface area contributed by atoms with Gasteiger partial charge in [0, 0.05) is 83.3 Å². The monoisotopic (exact) mass is 884 g/mol. The smallest absolute Gasteiger partial charge is 0.281 e. The molecule has 3 fully saturated rings. The Morgan fingerprint density at radius 3 is 2.28 bits per heavy atom. The number of nitrogens with one attached hydrogen (secondary N) is 2. The summed E-state index contributed by atoms with van der Waals surface area (Å²) in [6.07, 6.45) is 4.67. The maximum Gasteiger partial charge on any atom is 0.281 e. The topological polar surface area (TPSA) is 239 Å². The van der Waals surface area contributed by atoms with Crippen molar-refractivity contribution in [2.75, 3.05) is 74.6 Å². The number of carbonyl (C=O) groups excluding carboxylic acids is 6. The molecule has 0 radical (unpaired) electrons. The lowest BCUT2D eigenvalue weighted by Gasteiger charge is -2.35. The molecule has 3 aromatic rings. The number of nitrogens with zero attached hydrogens (tertiary/aromatic N) is 9. The second-order valence-electron chi connectivity index (χ2n) is 15.8. The molecule has 0 saturated carbocycles. The maximum absolute atomic E-state index is 14.0. The Balaban J connectivity index is 0.780. The van der Waals surface area contributed by atoms with Crippen molar-refractivity contribution in [1.82, 2.24) is 45.4 Å². The molecule has 4 aliphatic rings. The van der Waals surface area contributed by atoms with Gasteiger partial charge in [0.1, 0.15) is 11.7 Å². The van der Waals surface area contributed by atoms with Crippen LogP contribution in [0.1, 0.15) is 109 Å². The highest BCUT2D eigenvalue weighted by molar-refractivity contribution is 6.24. The van der Waals surface area contributed by atoms with Crippen LogP contribution in [-0.4, -0.2) is 135 Å². The number of nitrogens with two attached hydrogens (primary N) is 1. The molecule has 6 heterocycles. The standard InChI is InChI=1S/C43H50F2N12O7/c44-36(45)35-29(26-48-41(46)50-35)37-51-42(53-43(52-37)56-22-24-64-25-23-56)55-20-18-54(19-21-55)33(60)16-15-31(58)47-17-8-6-4-2-1-3-5-7-10-27-11-9-12-28-34(27)40(63)57(39(28)62)30-13-14-32(59)49-38(30)61/h9,11-12,26,30,36H,1-6,8,13-25H2,(H,47,58)(H2,46,48,50)(H,49,59,61). The van der Waals surface area contributed by atoms with Gasteiger partial charge in [-0.3, -0.25) is 39.0 Å². The van der Waals surface area contributed by atoms with E-state index in [1.807, 2.05) is 9.80 Å². The highest BCUT2D eigenvalue weighted by atomic mass is 19.3. The molecule has 1 atom stereocenters. The summed E-state index contributed by atoms with van der Waals surface area (Å²) in [5.41, 5.74) is 5.79. The number of piperidine rings is 1. The first-order chi connectivity index (χ1) is 31.0. The van der Waals surface area contributed by atoms with Crippen molar-refractivity contribution < 1.29 is 42.3 Å². The summed E-state index contributed by atoms with van der Waals surface area (Å²) in [5.74, 6) is 3.86. The molecule has 3 saturated heterocycles. The van der Waals surface area contributed by atoms with Gasteiger partial charge in [0.05, 0.1) is 29.9 Å². The van der Waals surface area contributed by atoms with Gasteiger partial charge in [0.2, 0.25) is 41.5 Å². The molecule has 4 N–H and O–H groups in total. The van der Waals surface area contributed by atoms with E-state index in [9.17, 15) is 37.5 Å². The molecule has 64 heavy (non-hydrogen) atoms. The molecule has 0 spiro atoms. The van der Waals surface area contributed by atoms with Crippen molar-refractivity contribution in [3.63, 3.8) is 0 Å². The van der Waals surface area contributed by atoms with Gasteiger partial charge < -0.3 is 30.5 Å². The number of nitrogen functional groups attached to an aromatic ring is 1. The predicted octanol–water partition coefficient (Wildman–Crippen LogP) is 2.41. The van der Waals surface area contributed by atoms with Crippen LogP contribution in [0.2, 0.25) is 0 Å². The minimum absolute atomic E-state index is 0.0111. The van der Waals surface area contributed by atoms with Crippen molar-refractivity contribution in [1.29, 1.82) is 0 Å². The van der Waals surface area contributed by atoms with Crippen LogP contribution >= 0.6 is 0 Å². The van der Waals surface area contributed by atoms with Crippen LogP contribution in [0.3, 0.4) is 0 Å². The van der Waals surface area contributed by atoms with Gasteiger partial charge in [-0.1, -0.05) is 43.6 Å². The Morgan fingerprint density at radius 1 is 0.859 bits per heavy atom. The quantitative estimate of drug-likeness (QED) is 0.106. The minimum atomic E-state index is -2.94. The van der Waals surface area contributed by atoms with Gasteiger partial charge >= 0.3 is 0 Å². The molecule has 0 aliphatic carbocycles. The first kappa shape index (κ1) is 45.3. The van der Waals surface area contributed by atoms with Crippen molar-refractivity contribution >= 4 is 53.3 Å². The molecule has 4 aliphatic heterocycles. The number of morpholine rings is 1. The number of benzene rings is 1. The zero-order chi connectivity index (χ0) is 45.2. The van der Waals surface area contributed by atoms with Crippen molar-refractivity contribution in [3.05, 3.63) is 46.8 Å². The van der Waals surface area contributed by atoms with Crippen LogP contribution in [0.4, 0.5) is 26.6 Å². The third-order valence-electron chi connectivity index (χ3n) is 11.4. The minimum Gasteiger partial charge on any atom is -0.378 e. The molecule has 1 unspecified atom stereocenters. The number of hydrogen-bond acceptors (Lipinski definition) is 15. The van der Waals surface area contributed by atoms with Crippen molar-refractivity contribution in [2.24, 2.45) is 0 Å². The first-order valence-corrected chi connectivity index (χ1v) is 21.6. The zero-order valence-corrected chi connectivity index (χ0v) is 35.3. The Hall–Kier alpha value is -6.69. The van der Waals surface area contributed by atoms with Gasteiger partial charge in [-0.15, -0.1) is 0 Å². The number of rotatable bonds is 16. The zero-order valence-electron chi connectivity index (χ0n) is 35.3. The van der Waals surface area contributed by atoms with Gasteiger partial charge in [0.15, 0.2) is 5.82 Å². The number of halogens is 2. The van der Waals surface area contributed by atoms with Gasteiger partial charge in [-0.25, -0.2) is 18.7 Å². The lowest BCUT2D eigenvalue weighted by atomic mass is 10.0. The Labute approximate surface area is 367 Å². The fraction of sp³-hybridized carbons (Fsp3) is 0.512. The fourth-order valence-corrected chi connectivity index (χ4v) is 7.94. The molecule has 7 rings (SSSR count). The summed E-state index contributed by atoms with van der Waals surface area (Å²) in [7, 11) is 0. The summed E-state index contributed by atoms with van der Waals surface area (Å²) in [6.45, 7) is 3.93. The van der Waals surface area contributed by atoms with Gasteiger partial charge in [-0.05, 0) is 31.4 Å². The number of imide groups is 2. The maximum atomic E-state index is 14.0. The summed E-state index contributed by atoms with van der Waals surface area (Å²) in [5, 5.41) is 5.10. The van der Waals surface area contributed by atoms with Crippen LogP contribution in [0.15, 0.2) is 24.4 Å². The number of alkyl halides is 2. The Morgan fingerprint density at radius 2 is 1.56 bits per heavy atom. The lowest BCUT2D eigenvalue weighted by molar-refractivity contribution is -0.136. The number of carbonyl (C=O) groups is 6. The predicted molar refractivity (Wildman–Crippen MR) is 227 cm³/mol. The van der Waals surface area contributed by atoms with E-state index in [1.54, 1.807) is 23.1 Å². The van der Waals surface area contributed by atoms with E-state index in [4.69, 9.17) is 10.5 Å². The summed E-state index contributed by atoms with van der Waals surface area (Å²) >= 11 is 0. The summed E-state index contributed by atoms with van der Waals surface area (Å²) < 4.78 is 33.4. The molecule has 6 amide bonds. The van der Waals surface area contributed by atoms with Crippen molar-refractivity contribution in [2.45, 2.75) is 83.1 Å². The highest BCUT2D eigenvalue weighted by Crippen LogP contribution is 2.31. The summed E-state index contributed by atoms with van der Waals surface area (Å²) in [6, 6.07) is 3.86. The third kappa shape index (κ3) is 10.9. The van der Waals surface area contributed by atoms with Crippen LogP contribution in [-0.2, 0) is 23.9 Å². The van der Waals surface area contributed by atoms with E-state index in [1.165, 1.54) is 6.20 Å². The second-order valence-corrected chi connectivity index (χ2v) is 15.8. The average Bonchev–Trinajstić information content (AvgIpc) is 3.56. The SMILES string of the molecule is Nc1ncc(-c2nc(N3CCOCC3)nc(N3CCN(C(=O)CCC(=O)NCCCCCCCCC#Cc4cccc5c4C(=O)N(C4CCC(=O)NC4=O)C5=O)CC3)n2)c(C(F)F)n1. The Kier molecular flexibility index (Phi) is 15.0. The van der Waals surface area contributed by atoms with E-state index in [-0.39, 0.29) is 71.9 Å². The first-order valence-electron chi connectivity index (χ1n) is 21.6. The largest absolute Gasteiger partial charge is 0.378 e. The van der Waals surface area contributed by atoms with Gasteiger partial charge in [0.25, 0.3) is 18.2 Å². The second kappa shape index (κ2) is 21.1. The van der Waals surface area contributed by atoms with Crippen LogP contribution < -0.4 is 26.2 Å². The molecular weight excluding hydrogens is 835 g/mol. The molecule has 0 bridgehead atoms. The molecule has 1 aromatic carbocycles. The number of amides is 6. The number of unbranched alkanes of at least 4 members (excludes halogenated alkanes) is 6. The number of ether oxygens (including phenoxy) is 1. The van der Waals surface area contributed by atoms with E-state index < -0.39 is 41.8 Å². The molecule has 19 nitrogen and oxygen atoms in total. The molecule has 2 aromatic heterocycles. The van der Waals surface area contributed by atoms with Crippen LogP contribution in [0.5, 0.6) is 0 Å². The van der Waals surface area contributed by atoms with Crippen LogP contribution in [0, 0.1) is 11.8 Å².